The van der Waals surface area contributed by atoms with Crippen molar-refractivity contribution < 1.29 is 95.0 Å². The molecule has 0 N–H and O–H groups in total. The minimum atomic E-state index is -0.530. The Labute approximate surface area is 856 Å². The normalized spacial score (nSPS) is 41.6. The van der Waals surface area contributed by atoms with Gasteiger partial charge in [-0.2, -0.15) is 0 Å². The lowest BCUT2D eigenvalue weighted by molar-refractivity contribution is -0.296. The van der Waals surface area contributed by atoms with E-state index in [0.29, 0.717) is 106 Å². The van der Waals surface area contributed by atoms with E-state index in [-0.39, 0.29) is 95.1 Å². The van der Waals surface area contributed by atoms with E-state index in [1.807, 2.05) is 13.8 Å². The van der Waals surface area contributed by atoms with E-state index < -0.39 is 11.6 Å². The molecule has 0 aromatic rings. The molecule has 14 aliphatic carbocycles. The van der Waals surface area contributed by atoms with Crippen LogP contribution in [0.15, 0.2) is 0 Å². The highest BCUT2D eigenvalue weighted by Crippen LogP contribution is 2.68. The van der Waals surface area contributed by atoms with E-state index >= 15 is 0 Å². The number of hydrogen-bond acceptors (Lipinski definition) is 20. The molecule has 4 bridgehead atoms. The SMILES string of the molecule is CCC1CC(CC)C(C(=O)OCC2COC(C)(CC(C)C)O2)C1.CCC1CC(CC)C(C(=O)OCC2COC3(CCCCC3)O2)C1.CCC1CC(CC)C(CC2COC3(CCCC3)O2)C1.CCC1CC(CC)C(CC2COC3(CCCCC3)OC2)C1.CCC1CC(CC)C2C3CC(CC3C(=O)OCC3COC4(CCCCC4)O3)C12.CCCC1(C)OCC(COC(=O)C2CC3CC2C2C(CC)CC(CC)C32)O1. The molecule has 14 saturated carbocycles. The van der Waals surface area contributed by atoms with Crippen molar-refractivity contribution in [3.8, 4) is 0 Å². The fraction of sp³-hybridized carbons (Fsp3) is 0.967. The van der Waals surface area contributed by atoms with Crippen LogP contribution in [0.3, 0.4) is 0 Å². The van der Waals surface area contributed by atoms with Crippen LogP contribution in [0.4, 0.5) is 0 Å². The average Bonchev–Trinajstić information content (AvgIpc) is 1.56. The van der Waals surface area contributed by atoms with Gasteiger partial charge in [0.1, 0.15) is 50.8 Å². The first-order valence-corrected chi connectivity index (χ1v) is 60.7. The summed E-state index contributed by atoms with van der Waals surface area (Å²) in [5.74, 6) is 17.0. The van der Waals surface area contributed by atoms with Crippen LogP contribution in [-0.2, 0) is 95.0 Å². The Morgan fingerprint density at radius 1 is 0.270 bits per heavy atom. The van der Waals surface area contributed by atoms with Gasteiger partial charge in [-0.25, -0.2) is 0 Å². The van der Waals surface area contributed by atoms with Gasteiger partial charge in [0.15, 0.2) is 34.7 Å². The number of hydrogen-bond donors (Lipinski definition) is 0. The molecule has 6 saturated heterocycles. The molecule has 33 atom stereocenters. The molecule has 6 heterocycles. The predicted molar refractivity (Wildman–Crippen MR) is 551 cm³/mol. The summed E-state index contributed by atoms with van der Waals surface area (Å²) >= 11 is 0. The Bertz CT molecular complexity index is 3740. The van der Waals surface area contributed by atoms with Crippen LogP contribution < -0.4 is 0 Å². The third kappa shape index (κ3) is 27.9. The van der Waals surface area contributed by atoms with Crippen LogP contribution in [0.1, 0.15) is 439 Å². The highest BCUT2D eigenvalue weighted by atomic mass is 16.8. The molecule has 4 spiro atoms. The first-order chi connectivity index (χ1) is 68.1. The van der Waals surface area contributed by atoms with E-state index in [2.05, 4.69) is 104 Å². The minimum absolute atomic E-state index is 0.0130. The summed E-state index contributed by atoms with van der Waals surface area (Å²) in [6, 6.07) is 0. The third-order valence-electron chi connectivity index (χ3n) is 41.3. The second-order valence-corrected chi connectivity index (χ2v) is 50.7. The van der Waals surface area contributed by atoms with Crippen LogP contribution in [-0.4, -0.2) is 162 Å². The van der Waals surface area contributed by atoms with Crippen LogP contribution in [0.25, 0.3) is 0 Å². The van der Waals surface area contributed by atoms with E-state index in [9.17, 15) is 19.2 Å². The van der Waals surface area contributed by atoms with E-state index in [4.69, 9.17) is 75.8 Å². The Morgan fingerprint density at radius 3 is 0.957 bits per heavy atom. The van der Waals surface area contributed by atoms with Crippen molar-refractivity contribution >= 4 is 23.9 Å². The molecule has 6 aliphatic heterocycles. The minimum Gasteiger partial charge on any atom is -0.463 e. The van der Waals surface area contributed by atoms with E-state index in [1.165, 1.54) is 205 Å². The maximum Gasteiger partial charge on any atom is 0.309 e. The molecule has 20 rings (SSSR count). The first-order valence-electron chi connectivity index (χ1n) is 60.7. The summed E-state index contributed by atoms with van der Waals surface area (Å²) in [5.41, 5.74) is 0. The molecule has 20 aliphatic rings. The van der Waals surface area contributed by atoms with Crippen LogP contribution in [0, 0.1) is 166 Å². The summed E-state index contributed by atoms with van der Waals surface area (Å²) < 4.78 is 95.3. The van der Waals surface area contributed by atoms with Gasteiger partial charge in [0.25, 0.3) is 0 Å². The predicted octanol–water partition coefficient (Wildman–Crippen LogP) is 27.7. The molecule has 20 nitrogen and oxygen atoms in total. The van der Waals surface area contributed by atoms with Crippen molar-refractivity contribution in [1.29, 1.82) is 0 Å². The second kappa shape index (κ2) is 52.2. The van der Waals surface area contributed by atoms with Crippen LogP contribution in [0.2, 0.25) is 0 Å². The van der Waals surface area contributed by atoms with Gasteiger partial charge >= 0.3 is 23.9 Å². The highest BCUT2D eigenvalue weighted by Gasteiger charge is 2.64. The van der Waals surface area contributed by atoms with Gasteiger partial charge in [-0.1, -0.05) is 207 Å². The van der Waals surface area contributed by atoms with Crippen molar-refractivity contribution in [2.24, 2.45) is 166 Å². The molecule has 20 heteroatoms. The van der Waals surface area contributed by atoms with Crippen molar-refractivity contribution in [2.75, 3.05) is 72.7 Å². The van der Waals surface area contributed by atoms with Crippen molar-refractivity contribution in [3.63, 3.8) is 0 Å². The Morgan fingerprint density at radius 2 is 0.574 bits per heavy atom. The standard InChI is InChI=1S/C24H38O4.C23H38O4.C19H32O4.C19H34O4.C19H34O2.C17H30O2/c1-3-15-10-16(4-2)22-19-11-17(21(15)22)12-20(19)23(25)26-13-18-14-27-24(28-18)8-6-5-7-9-24;1-5-8-23(4)26-13-17(27-23)12-25-22(24)19-11-16-10-18(19)21-15(7-3)9-14(6-2)20(16)21;1-3-14-10-15(4-2)17(11-14)18(20)21-12-16-13-22-19(23-16)8-6-5-7-9-19;1-6-14-8-15(7-2)17(9-14)18(20)21-11-16-12-22-19(5,23-16)10-13(3)4;1-3-15-10-17(4-2)18(11-15)12-16-13-20-19(21-14-16)8-6-5-7-9-19;1-3-13-9-14(4-2)15(10-13)11-16-12-18-17(19-16)7-5-6-8-17/h15-22H,3-14H2,1-2H3;14-21H,5-13H2,1-4H3;14-17H,3-13H2,1-2H3;13-17H,6-12H2,1-5H3;15-18H,3-14H2,1-2H3;13-16H,3-12H2,1-2H3. The van der Waals surface area contributed by atoms with Crippen molar-refractivity contribution in [2.45, 2.75) is 504 Å². The van der Waals surface area contributed by atoms with Gasteiger partial charge in [0.05, 0.1) is 76.0 Å². The molecular formula is C121H206O20. The van der Waals surface area contributed by atoms with Crippen LogP contribution >= 0.6 is 0 Å². The Kier molecular flexibility index (Phi) is 41.6. The van der Waals surface area contributed by atoms with Gasteiger partial charge in [-0.05, 0) is 304 Å². The number of ether oxygens (including phenoxy) is 16. The van der Waals surface area contributed by atoms with Gasteiger partial charge < -0.3 is 75.8 Å². The largest absolute Gasteiger partial charge is 0.463 e. The quantitative estimate of drug-likeness (QED) is 0.0452. The molecule has 0 radical (unpaired) electrons. The molecule has 33 unspecified atom stereocenters. The number of carbonyl (C=O) groups excluding carboxylic acids is 4. The van der Waals surface area contributed by atoms with Gasteiger partial charge in [0, 0.05) is 70.1 Å². The highest BCUT2D eigenvalue weighted by molar-refractivity contribution is 5.75. The third-order valence-corrected chi connectivity index (χ3v) is 41.3. The molecule has 810 valence electrons. The van der Waals surface area contributed by atoms with E-state index in [0.717, 1.165) is 230 Å². The zero-order chi connectivity index (χ0) is 99.8. The number of rotatable bonds is 32. The Hall–Kier alpha value is -2.60. The van der Waals surface area contributed by atoms with Gasteiger partial charge in [0.2, 0.25) is 0 Å². The van der Waals surface area contributed by atoms with E-state index in [1.54, 1.807) is 0 Å². The first kappa shape index (κ1) is 112. The summed E-state index contributed by atoms with van der Waals surface area (Å²) in [6.45, 7) is 44.3. The fourth-order valence-corrected chi connectivity index (χ4v) is 33.9. The van der Waals surface area contributed by atoms with Gasteiger partial charge in [-0.15, -0.1) is 0 Å². The smallest absolute Gasteiger partial charge is 0.309 e. The zero-order valence-electron chi connectivity index (χ0n) is 92.4. The second-order valence-electron chi connectivity index (χ2n) is 50.7. The average molecular weight is 1980 g/mol. The maximum absolute atomic E-state index is 13.0. The number of fused-ring (bicyclic) bond motifs is 10. The summed E-state index contributed by atoms with van der Waals surface area (Å²) in [6.07, 6.45) is 60.2. The van der Waals surface area contributed by atoms with Crippen molar-refractivity contribution in [3.05, 3.63) is 0 Å². The van der Waals surface area contributed by atoms with Crippen LogP contribution in [0.5, 0.6) is 0 Å². The van der Waals surface area contributed by atoms with Crippen molar-refractivity contribution in [1.82, 2.24) is 0 Å². The molecular weight excluding hydrogens is 1770 g/mol. The molecule has 0 amide bonds. The zero-order valence-corrected chi connectivity index (χ0v) is 92.4. The lowest BCUT2D eigenvalue weighted by Crippen LogP contribution is -2.45. The molecule has 0 aromatic carbocycles. The lowest BCUT2D eigenvalue weighted by atomic mass is 9.70. The van der Waals surface area contributed by atoms with Gasteiger partial charge in [-0.3, -0.25) is 19.2 Å². The molecule has 0 aromatic heterocycles. The summed E-state index contributed by atoms with van der Waals surface area (Å²) in [7, 11) is 0. The Balaban J connectivity index is 0.000000128. The molecule has 141 heavy (non-hydrogen) atoms. The topological polar surface area (TPSA) is 216 Å². The maximum atomic E-state index is 13.0. The summed E-state index contributed by atoms with van der Waals surface area (Å²) in [4.78, 5) is 50.8. The monoisotopic (exact) mass is 1980 g/mol. The number of esters is 4. The summed E-state index contributed by atoms with van der Waals surface area (Å²) in [5, 5.41) is 0. The fourth-order valence-electron chi connectivity index (χ4n) is 33.9. The lowest BCUT2D eigenvalue weighted by Gasteiger charge is -2.43. The molecule has 20 fully saturated rings. The number of carbonyl (C=O) groups is 4.